The van der Waals surface area contributed by atoms with Gasteiger partial charge in [-0.15, -0.1) is 0 Å². The number of hydrogen-bond donors (Lipinski definition) is 1. The molecule has 0 saturated carbocycles. The number of nitriles is 1. The molecule has 1 aromatic rings. The van der Waals surface area contributed by atoms with Crippen molar-refractivity contribution in [3.05, 3.63) is 34.9 Å². The zero-order valence-electron chi connectivity index (χ0n) is 9.93. The van der Waals surface area contributed by atoms with Crippen LogP contribution in [0.1, 0.15) is 12.0 Å². The lowest BCUT2D eigenvalue weighted by atomic mass is 10.2. The number of benzene rings is 1. The highest BCUT2D eigenvalue weighted by atomic mass is 35.5. The molecule has 0 amide bonds. The molecule has 0 bridgehead atoms. The van der Waals surface area contributed by atoms with Crippen LogP contribution in [0.2, 0.25) is 5.02 Å². The Morgan fingerprint density at radius 2 is 2.22 bits per heavy atom. The van der Waals surface area contributed by atoms with Gasteiger partial charge in [0.05, 0.1) is 6.07 Å². The zero-order valence-corrected chi connectivity index (χ0v) is 11.5. The average Bonchev–Trinajstić information content (AvgIpc) is 2.33. The van der Waals surface area contributed by atoms with E-state index in [-0.39, 0.29) is 19.5 Å². The molecule has 7 heteroatoms. The Morgan fingerprint density at radius 1 is 1.50 bits per heavy atom. The van der Waals surface area contributed by atoms with Crippen molar-refractivity contribution < 1.29 is 8.42 Å². The molecule has 18 heavy (non-hydrogen) atoms. The second kappa shape index (κ2) is 6.71. The van der Waals surface area contributed by atoms with Crippen LogP contribution in [0, 0.1) is 11.3 Å². The quantitative estimate of drug-likeness (QED) is 0.862. The van der Waals surface area contributed by atoms with Crippen molar-refractivity contribution in [3.8, 4) is 6.07 Å². The van der Waals surface area contributed by atoms with Crippen molar-refractivity contribution in [2.75, 3.05) is 13.6 Å². The van der Waals surface area contributed by atoms with Gasteiger partial charge in [0, 0.05) is 31.6 Å². The van der Waals surface area contributed by atoms with Crippen molar-refractivity contribution in [2.45, 2.75) is 13.0 Å². The summed E-state index contributed by atoms with van der Waals surface area (Å²) in [6.45, 7) is 0.334. The molecule has 0 aliphatic carbocycles. The smallest absolute Gasteiger partial charge is 0.198 e. The van der Waals surface area contributed by atoms with E-state index >= 15 is 0 Å². The molecule has 0 unspecified atom stereocenters. The van der Waals surface area contributed by atoms with E-state index in [1.165, 1.54) is 7.05 Å². The fraction of sp³-hybridized carbons (Fsp3) is 0.364. The lowest BCUT2D eigenvalue weighted by Gasteiger charge is -2.16. The molecule has 1 aromatic carbocycles. The first-order valence-corrected chi connectivity index (χ1v) is 7.10. The van der Waals surface area contributed by atoms with Crippen LogP contribution in [0.3, 0.4) is 0 Å². The molecule has 1 rings (SSSR count). The highest BCUT2D eigenvalue weighted by molar-refractivity contribution is 7.87. The van der Waals surface area contributed by atoms with E-state index in [1.807, 2.05) is 6.07 Å². The molecule has 98 valence electrons. The fourth-order valence-corrected chi connectivity index (χ4v) is 2.37. The largest absolute Gasteiger partial charge is 0.279 e. The summed E-state index contributed by atoms with van der Waals surface area (Å²) in [4.78, 5) is 0. The van der Waals surface area contributed by atoms with Gasteiger partial charge in [-0.2, -0.15) is 22.7 Å². The normalized spacial score (nSPS) is 11.4. The molecule has 0 heterocycles. The molecule has 5 nitrogen and oxygen atoms in total. The molecule has 0 aliphatic heterocycles. The predicted molar refractivity (Wildman–Crippen MR) is 70.1 cm³/mol. The Morgan fingerprint density at radius 3 is 2.83 bits per heavy atom. The molecule has 0 aliphatic rings. The van der Waals surface area contributed by atoms with Gasteiger partial charge in [-0.25, -0.2) is 0 Å². The van der Waals surface area contributed by atoms with Crippen LogP contribution >= 0.6 is 11.6 Å². The monoisotopic (exact) mass is 287 g/mol. The molecular formula is C11H14ClN3O2S. The second-order valence-corrected chi connectivity index (χ2v) is 5.98. The third-order valence-corrected chi connectivity index (χ3v) is 4.04. The Labute approximate surface area is 112 Å². The molecular weight excluding hydrogens is 274 g/mol. The van der Waals surface area contributed by atoms with Crippen molar-refractivity contribution in [2.24, 2.45) is 0 Å². The maximum atomic E-state index is 11.8. The minimum Gasteiger partial charge on any atom is -0.198 e. The Balaban J connectivity index is 2.59. The van der Waals surface area contributed by atoms with Crippen molar-refractivity contribution >= 4 is 21.8 Å². The summed E-state index contributed by atoms with van der Waals surface area (Å²) in [7, 11) is -2.13. The zero-order chi connectivity index (χ0) is 13.6. The van der Waals surface area contributed by atoms with Gasteiger partial charge in [0.2, 0.25) is 0 Å². The lowest BCUT2D eigenvalue weighted by Crippen LogP contribution is -2.38. The van der Waals surface area contributed by atoms with Crippen molar-refractivity contribution in [3.63, 3.8) is 0 Å². The van der Waals surface area contributed by atoms with Gasteiger partial charge in [0.25, 0.3) is 10.2 Å². The number of halogens is 1. The minimum atomic E-state index is -3.55. The first kappa shape index (κ1) is 14.9. The first-order chi connectivity index (χ1) is 8.45. The van der Waals surface area contributed by atoms with Gasteiger partial charge in [-0.1, -0.05) is 23.7 Å². The van der Waals surface area contributed by atoms with Crippen LogP contribution in [0.15, 0.2) is 24.3 Å². The standard InChI is InChI=1S/C11H14ClN3O2S/c1-15(7-3-6-13)18(16,17)14-9-10-4-2-5-11(12)8-10/h2,4-5,8,14H,3,7,9H2,1H3. The van der Waals surface area contributed by atoms with Crippen LogP contribution in [-0.2, 0) is 16.8 Å². The first-order valence-electron chi connectivity index (χ1n) is 5.28. The van der Waals surface area contributed by atoms with E-state index in [4.69, 9.17) is 16.9 Å². The molecule has 0 saturated heterocycles. The molecule has 0 radical (unpaired) electrons. The second-order valence-electron chi connectivity index (χ2n) is 3.69. The van der Waals surface area contributed by atoms with E-state index < -0.39 is 10.2 Å². The fourth-order valence-electron chi connectivity index (χ4n) is 1.26. The maximum absolute atomic E-state index is 11.8. The number of rotatable bonds is 6. The third kappa shape index (κ3) is 4.63. The Hall–Kier alpha value is -1.13. The summed E-state index contributed by atoms with van der Waals surface area (Å²) in [5, 5.41) is 8.97. The van der Waals surface area contributed by atoms with Crippen LogP contribution in [0.4, 0.5) is 0 Å². The molecule has 0 aromatic heterocycles. The average molecular weight is 288 g/mol. The summed E-state index contributed by atoms with van der Waals surface area (Å²) < 4.78 is 27.1. The van der Waals surface area contributed by atoms with Gasteiger partial charge in [0.1, 0.15) is 0 Å². The predicted octanol–water partition coefficient (Wildman–Crippen LogP) is 1.52. The van der Waals surface area contributed by atoms with Crippen LogP contribution in [-0.4, -0.2) is 26.3 Å². The Bertz CT molecular complexity index is 539. The summed E-state index contributed by atoms with van der Waals surface area (Å²) in [6.07, 6.45) is 0.161. The number of hydrogen-bond acceptors (Lipinski definition) is 3. The third-order valence-electron chi connectivity index (χ3n) is 2.30. The van der Waals surface area contributed by atoms with Gasteiger partial charge >= 0.3 is 0 Å². The van der Waals surface area contributed by atoms with Crippen LogP contribution < -0.4 is 4.72 Å². The van der Waals surface area contributed by atoms with E-state index in [2.05, 4.69) is 4.72 Å². The van der Waals surface area contributed by atoms with Gasteiger partial charge in [-0.3, -0.25) is 0 Å². The topological polar surface area (TPSA) is 73.2 Å². The maximum Gasteiger partial charge on any atom is 0.279 e. The van der Waals surface area contributed by atoms with E-state index in [1.54, 1.807) is 24.3 Å². The highest BCUT2D eigenvalue weighted by Gasteiger charge is 2.16. The molecule has 0 atom stereocenters. The summed E-state index contributed by atoms with van der Waals surface area (Å²) >= 11 is 5.80. The van der Waals surface area contributed by atoms with Gasteiger partial charge < -0.3 is 0 Å². The van der Waals surface area contributed by atoms with E-state index in [0.717, 1.165) is 9.87 Å². The summed E-state index contributed by atoms with van der Waals surface area (Å²) in [5.74, 6) is 0. The number of nitrogens with one attached hydrogen (secondary N) is 1. The highest BCUT2D eigenvalue weighted by Crippen LogP contribution is 2.10. The molecule has 0 spiro atoms. The van der Waals surface area contributed by atoms with Crippen molar-refractivity contribution in [1.82, 2.24) is 9.03 Å². The summed E-state index contributed by atoms with van der Waals surface area (Å²) in [5.41, 5.74) is 0.778. The minimum absolute atomic E-state index is 0.161. The van der Waals surface area contributed by atoms with Crippen LogP contribution in [0.25, 0.3) is 0 Å². The lowest BCUT2D eigenvalue weighted by molar-refractivity contribution is 0.464. The number of nitrogens with zero attached hydrogens (tertiary/aromatic N) is 2. The van der Waals surface area contributed by atoms with E-state index in [9.17, 15) is 8.42 Å². The SMILES string of the molecule is CN(CCC#N)S(=O)(=O)NCc1cccc(Cl)c1. The van der Waals surface area contributed by atoms with Gasteiger partial charge in [0.15, 0.2) is 0 Å². The van der Waals surface area contributed by atoms with Gasteiger partial charge in [-0.05, 0) is 17.7 Å². The van der Waals surface area contributed by atoms with Crippen LogP contribution in [0.5, 0.6) is 0 Å². The Kier molecular flexibility index (Phi) is 5.56. The van der Waals surface area contributed by atoms with E-state index in [0.29, 0.717) is 5.02 Å². The summed E-state index contributed by atoms with van der Waals surface area (Å²) in [6, 6.07) is 8.85. The molecule has 0 fully saturated rings. The van der Waals surface area contributed by atoms with Crippen molar-refractivity contribution in [1.29, 1.82) is 5.26 Å². The molecule has 1 N–H and O–H groups in total.